The summed E-state index contributed by atoms with van der Waals surface area (Å²) in [5.41, 5.74) is 3.24. The van der Waals surface area contributed by atoms with Crippen LogP contribution < -0.4 is 9.47 Å². The van der Waals surface area contributed by atoms with Crippen LogP contribution in [-0.2, 0) is 27.4 Å². The number of ether oxygens (including phenoxy) is 3. The lowest BCUT2D eigenvalue weighted by Crippen LogP contribution is -2.30. The Hall–Kier alpha value is -4.14. The van der Waals surface area contributed by atoms with Crippen LogP contribution in [0.15, 0.2) is 72.8 Å². The average molecular weight is 839 g/mol. The molecular weight excluding hydrogens is 761 g/mol. The van der Waals surface area contributed by atoms with Crippen molar-refractivity contribution in [1.82, 2.24) is 9.80 Å². The van der Waals surface area contributed by atoms with E-state index in [1.807, 2.05) is 25.9 Å². The second-order valence-corrected chi connectivity index (χ2v) is 19.8. The van der Waals surface area contributed by atoms with Crippen molar-refractivity contribution in [3.63, 3.8) is 0 Å². The number of benzene rings is 4. The van der Waals surface area contributed by atoms with E-state index in [0.29, 0.717) is 49.2 Å². The number of aliphatic carboxylic acids is 1. The molecule has 2 aliphatic carbocycles. The summed E-state index contributed by atoms with van der Waals surface area (Å²) in [6.07, 6.45) is 10.9. The third kappa shape index (κ3) is 15.9. The molecule has 8 nitrogen and oxygen atoms in total. The van der Waals surface area contributed by atoms with Gasteiger partial charge in [-0.15, -0.1) is 0 Å². The molecule has 0 radical (unpaired) electrons. The van der Waals surface area contributed by atoms with E-state index in [-0.39, 0.29) is 19.8 Å². The maximum atomic E-state index is 11.5. The van der Waals surface area contributed by atoms with Gasteiger partial charge in [-0.05, 0) is 164 Å². The molecule has 0 aromatic heterocycles. The molecule has 8 heteroatoms. The van der Waals surface area contributed by atoms with Crippen LogP contribution in [0.4, 0.5) is 0 Å². The smallest absolute Gasteiger partial charge is 0.307 e. The number of fused-ring (bicyclic) bond motifs is 2. The molecule has 4 aromatic carbocycles. The minimum atomic E-state index is -0.755. The van der Waals surface area contributed by atoms with Crippen molar-refractivity contribution in [3.05, 3.63) is 83.9 Å². The van der Waals surface area contributed by atoms with Crippen LogP contribution in [0.25, 0.3) is 21.5 Å². The van der Waals surface area contributed by atoms with Crippen LogP contribution in [-0.4, -0.2) is 72.8 Å². The SMILES string of the molecule is C.CCOC(=O)CCN(C)Cc1ccc2cc(OC3CCC(C(C)(C)C)CC3)ccc2c1.CN(CCC(=O)O)Cc1ccc2cc(OC3CCC(C(C)(C)C)CC3)ccc2c1. The Balaban J connectivity index is 0.000000265. The quantitative estimate of drug-likeness (QED) is 0.118. The van der Waals surface area contributed by atoms with Gasteiger partial charge in [-0.3, -0.25) is 9.59 Å². The number of carbonyl (C=O) groups is 2. The molecule has 1 N–H and O–H groups in total. The van der Waals surface area contributed by atoms with Gasteiger partial charge in [0, 0.05) is 26.2 Å². The van der Waals surface area contributed by atoms with Gasteiger partial charge in [0.05, 0.1) is 31.7 Å². The van der Waals surface area contributed by atoms with Crippen molar-refractivity contribution in [3.8, 4) is 11.5 Å². The summed E-state index contributed by atoms with van der Waals surface area (Å²) in [6.45, 7) is 19.2. The topological polar surface area (TPSA) is 88.5 Å². The zero-order chi connectivity index (χ0) is 43.5. The van der Waals surface area contributed by atoms with Gasteiger partial charge in [0.25, 0.3) is 0 Å². The summed E-state index contributed by atoms with van der Waals surface area (Å²) in [5.74, 6) is 2.65. The Kier molecular flexibility index (Phi) is 18.5. The highest BCUT2D eigenvalue weighted by Gasteiger charge is 2.31. The predicted octanol–water partition coefficient (Wildman–Crippen LogP) is 12.6. The van der Waals surface area contributed by atoms with E-state index < -0.39 is 5.97 Å². The van der Waals surface area contributed by atoms with Gasteiger partial charge in [0.2, 0.25) is 0 Å². The summed E-state index contributed by atoms with van der Waals surface area (Å²) in [6, 6.07) is 25.8. The van der Waals surface area contributed by atoms with E-state index in [1.54, 1.807) is 0 Å². The van der Waals surface area contributed by atoms with Crippen molar-refractivity contribution in [2.24, 2.45) is 22.7 Å². The Bertz CT molecular complexity index is 1980. The molecule has 2 aliphatic rings. The van der Waals surface area contributed by atoms with Crippen LogP contribution in [0.5, 0.6) is 11.5 Å². The number of hydrogen-bond acceptors (Lipinski definition) is 7. The fourth-order valence-electron chi connectivity index (χ4n) is 8.95. The second-order valence-electron chi connectivity index (χ2n) is 19.8. The molecule has 0 heterocycles. The Morgan fingerprint density at radius 1 is 0.590 bits per heavy atom. The first kappa shape index (κ1) is 49.5. The van der Waals surface area contributed by atoms with E-state index in [2.05, 4.69) is 119 Å². The Morgan fingerprint density at radius 3 is 1.34 bits per heavy atom. The number of rotatable bonds is 15. The van der Waals surface area contributed by atoms with Gasteiger partial charge < -0.3 is 29.1 Å². The van der Waals surface area contributed by atoms with Crippen LogP contribution in [0, 0.1) is 22.7 Å². The van der Waals surface area contributed by atoms with E-state index in [9.17, 15) is 9.59 Å². The normalized spacial score (nSPS) is 19.5. The third-order valence-electron chi connectivity index (χ3n) is 12.8. The van der Waals surface area contributed by atoms with Gasteiger partial charge in [-0.1, -0.05) is 85.4 Å². The second kappa shape index (κ2) is 22.8. The standard InChI is InChI=1S/C27H39NO3.C25H35NO3.CH4/c1-6-30-26(29)15-16-28(5)19-20-7-8-22-18-25(12-9-21(22)17-20)31-24-13-10-23(11-14-24)27(2,3)4;1-25(2,3)21-8-11-22(12-9-21)29-23-10-7-19-15-18(5-6-20(19)16-23)17-26(4)14-13-24(27)28;/h7-9,12,17-18,23-24H,6,10-11,13-16,19H2,1-5H3;5-7,10,15-16,21-22H,8-9,11-14,17H2,1-4H3,(H,27,28);1H4. The minimum Gasteiger partial charge on any atom is -0.490 e. The monoisotopic (exact) mass is 839 g/mol. The van der Waals surface area contributed by atoms with Gasteiger partial charge in [0.1, 0.15) is 11.5 Å². The molecule has 0 spiro atoms. The molecule has 0 saturated heterocycles. The lowest BCUT2D eigenvalue weighted by Gasteiger charge is -2.37. The summed E-state index contributed by atoms with van der Waals surface area (Å²) in [7, 11) is 3.99. The van der Waals surface area contributed by atoms with Crippen molar-refractivity contribution < 1.29 is 28.9 Å². The molecule has 0 amide bonds. The zero-order valence-corrected chi connectivity index (χ0v) is 38.2. The van der Waals surface area contributed by atoms with E-state index in [1.165, 1.54) is 58.4 Å². The molecule has 0 bridgehead atoms. The summed E-state index contributed by atoms with van der Waals surface area (Å²) in [5, 5.41) is 13.6. The number of esters is 1. The number of nitrogens with zero attached hydrogens (tertiary/aromatic N) is 2. The fraction of sp³-hybridized carbons (Fsp3) is 0.585. The molecule has 2 saturated carbocycles. The minimum absolute atomic E-state index is 0. The number of carboxylic acids is 1. The van der Waals surface area contributed by atoms with E-state index >= 15 is 0 Å². The van der Waals surface area contributed by atoms with Gasteiger partial charge >= 0.3 is 11.9 Å². The number of carboxylic acid groups (broad SMARTS) is 1. The average Bonchev–Trinajstić information content (AvgIpc) is 3.19. The lowest BCUT2D eigenvalue weighted by molar-refractivity contribution is -0.143. The maximum absolute atomic E-state index is 11.5. The molecular formula is C53H78N2O6. The van der Waals surface area contributed by atoms with E-state index in [4.69, 9.17) is 19.3 Å². The first-order valence-electron chi connectivity index (χ1n) is 22.6. The Morgan fingerprint density at radius 2 is 0.967 bits per heavy atom. The first-order chi connectivity index (χ1) is 28.4. The predicted molar refractivity (Wildman–Crippen MR) is 252 cm³/mol. The molecule has 2 fully saturated rings. The summed E-state index contributed by atoms with van der Waals surface area (Å²) in [4.78, 5) is 26.5. The van der Waals surface area contributed by atoms with Crippen molar-refractivity contribution in [2.75, 3.05) is 33.8 Å². The highest BCUT2D eigenvalue weighted by atomic mass is 16.5. The highest BCUT2D eigenvalue weighted by Crippen LogP contribution is 2.40. The number of carbonyl (C=O) groups excluding carboxylic acids is 1. The van der Waals surface area contributed by atoms with Crippen LogP contribution in [0.2, 0.25) is 0 Å². The molecule has 4 aromatic rings. The number of hydrogen-bond donors (Lipinski definition) is 1. The largest absolute Gasteiger partial charge is 0.490 e. The molecule has 0 atom stereocenters. The molecule has 0 aliphatic heterocycles. The lowest BCUT2D eigenvalue weighted by atomic mass is 9.72. The van der Waals surface area contributed by atoms with Crippen molar-refractivity contribution in [1.29, 1.82) is 0 Å². The fourth-order valence-corrected chi connectivity index (χ4v) is 8.95. The third-order valence-corrected chi connectivity index (χ3v) is 12.8. The van der Waals surface area contributed by atoms with Crippen molar-refractivity contribution >= 4 is 33.5 Å². The van der Waals surface area contributed by atoms with Crippen LogP contribution in [0.3, 0.4) is 0 Å². The summed E-state index contributed by atoms with van der Waals surface area (Å²) < 4.78 is 17.7. The van der Waals surface area contributed by atoms with Crippen molar-refractivity contribution in [2.45, 2.75) is 145 Å². The first-order valence-corrected chi connectivity index (χ1v) is 22.6. The maximum Gasteiger partial charge on any atom is 0.307 e. The molecule has 6 rings (SSSR count). The van der Waals surface area contributed by atoms with Gasteiger partial charge in [-0.25, -0.2) is 0 Å². The molecule has 61 heavy (non-hydrogen) atoms. The van der Waals surface area contributed by atoms with Gasteiger partial charge in [-0.2, -0.15) is 0 Å². The molecule has 0 unspecified atom stereocenters. The van der Waals surface area contributed by atoms with Crippen LogP contribution >= 0.6 is 0 Å². The van der Waals surface area contributed by atoms with Crippen LogP contribution in [0.1, 0.15) is 131 Å². The van der Waals surface area contributed by atoms with Gasteiger partial charge in [0.15, 0.2) is 0 Å². The van der Waals surface area contributed by atoms with E-state index in [0.717, 1.165) is 62.1 Å². The summed E-state index contributed by atoms with van der Waals surface area (Å²) >= 11 is 0. The Labute approximate surface area is 368 Å². The highest BCUT2D eigenvalue weighted by molar-refractivity contribution is 5.85. The molecule has 336 valence electrons. The zero-order valence-electron chi connectivity index (χ0n) is 38.2.